The first kappa shape index (κ1) is 15.4. The van der Waals surface area contributed by atoms with Crippen molar-refractivity contribution in [1.29, 1.82) is 0 Å². The third kappa shape index (κ3) is 3.14. The fraction of sp³-hybridized carbons (Fsp3) is 0.176. The molecule has 1 amide bonds. The molecule has 5 nitrogen and oxygen atoms in total. The number of benzene rings is 2. The molecule has 2 aromatic carbocycles. The van der Waals surface area contributed by atoms with Gasteiger partial charge in [0.2, 0.25) is 0 Å². The summed E-state index contributed by atoms with van der Waals surface area (Å²) in [5, 5.41) is 3.18. The average Bonchev–Trinajstić information content (AvgIpc) is 2.55. The molecule has 118 valence electrons. The van der Waals surface area contributed by atoms with Gasteiger partial charge in [-0.05, 0) is 29.8 Å². The van der Waals surface area contributed by atoms with Crippen LogP contribution in [-0.4, -0.2) is 25.1 Å². The maximum absolute atomic E-state index is 12.4. The summed E-state index contributed by atoms with van der Waals surface area (Å²) >= 11 is 5.88. The summed E-state index contributed by atoms with van der Waals surface area (Å²) in [6.07, 6.45) is -0.583. The molecule has 0 spiro atoms. The number of rotatable bonds is 3. The molecule has 23 heavy (non-hydrogen) atoms. The zero-order chi connectivity index (χ0) is 16.4. The number of hydrogen-bond donors (Lipinski definition) is 1. The van der Waals surface area contributed by atoms with Crippen molar-refractivity contribution in [2.24, 2.45) is 0 Å². The Balaban J connectivity index is 1.79. The van der Waals surface area contributed by atoms with E-state index in [9.17, 15) is 9.59 Å². The molecular formula is C17H14ClNO4. The number of halogens is 1. The van der Waals surface area contributed by atoms with Gasteiger partial charge in [-0.25, -0.2) is 4.79 Å². The van der Waals surface area contributed by atoms with Gasteiger partial charge in [0.25, 0.3) is 5.91 Å². The lowest BCUT2D eigenvalue weighted by Crippen LogP contribution is -2.38. The number of ether oxygens (including phenoxy) is 2. The van der Waals surface area contributed by atoms with E-state index >= 15 is 0 Å². The number of cyclic esters (lactones) is 1. The SMILES string of the molecule is COc1ccccc1NC(=O)[C@H]1Cc2ccc(Cl)cc2C(=O)O1. The quantitative estimate of drug-likeness (QED) is 0.878. The van der Waals surface area contributed by atoms with Crippen molar-refractivity contribution in [2.45, 2.75) is 12.5 Å². The van der Waals surface area contributed by atoms with E-state index in [0.717, 1.165) is 5.56 Å². The van der Waals surface area contributed by atoms with Crippen LogP contribution >= 0.6 is 11.6 Å². The number of hydrogen-bond acceptors (Lipinski definition) is 4. The lowest BCUT2D eigenvalue weighted by atomic mass is 9.98. The lowest BCUT2D eigenvalue weighted by Gasteiger charge is -2.24. The zero-order valence-electron chi connectivity index (χ0n) is 12.3. The normalized spacial score (nSPS) is 16.3. The second-order valence-corrected chi connectivity index (χ2v) is 5.53. The largest absolute Gasteiger partial charge is 0.495 e. The first-order valence-electron chi connectivity index (χ1n) is 7.02. The van der Waals surface area contributed by atoms with Gasteiger partial charge in [-0.3, -0.25) is 4.79 Å². The molecule has 3 rings (SSSR count). The van der Waals surface area contributed by atoms with E-state index < -0.39 is 18.0 Å². The topological polar surface area (TPSA) is 64.6 Å². The highest BCUT2D eigenvalue weighted by Gasteiger charge is 2.31. The second kappa shape index (κ2) is 6.30. The Morgan fingerprint density at radius 2 is 2.09 bits per heavy atom. The van der Waals surface area contributed by atoms with Gasteiger partial charge in [0.1, 0.15) is 5.75 Å². The van der Waals surface area contributed by atoms with E-state index in [1.165, 1.54) is 7.11 Å². The first-order chi connectivity index (χ1) is 11.1. The molecule has 6 heteroatoms. The van der Waals surface area contributed by atoms with Crippen LogP contribution in [0.25, 0.3) is 0 Å². The van der Waals surface area contributed by atoms with Crippen LogP contribution < -0.4 is 10.1 Å². The van der Waals surface area contributed by atoms with Crippen LogP contribution in [0.5, 0.6) is 5.75 Å². The molecule has 0 fully saturated rings. The maximum Gasteiger partial charge on any atom is 0.339 e. The molecule has 0 unspecified atom stereocenters. The minimum atomic E-state index is -0.888. The van der Waals surface area contributed by atoms with Crippen molar-refractivity contribution < 1.29 is 19.1 Å². The van der Waals surface area contributed by atoms with Crippen molar-refractivity contribution in [2.75, 3.05) is 12.4 Å². The summed E-state index contributed by atoms with van der Waals surface area (Å²) < 4.78 is 10.4. The molecule has 1 N–H and O–H groups in total. The summed E-state index contributed by atoms with van der Waals surface area (Å²) in [4.78, 5) is 24.4. The zero-order valence-corrected chi connectivity index (χ0v) is 13.1. The van der Waals surface area contributed by atoms with Crippen molar-refractivity contribution in [3.05, 3.63) is 58.6 Å². The number of amides is 1. The number of nitrogens with one attached hydrogen (secondary N) is 1. The van der Waals surface area contributed by atoms with Crippen molar-refractivity contribution in [3.63, 3.8) is 0 Å². The standard InChI is InChI=1S/C17H14ClNO4/c1-22-14-5-3-2-4-13(14)19-16(20)15-8-10-6-7-11(18)9-12(10)17(21)23-15/h2-7,9,15H,8H2,1H3,(H,19,20)/t15-/m1/s1. The lowest BCUT2D eigenvalue weighted by molar-refractivity contribution is -0.125. The summed E-state index contributed by atoms with van der Waals surface area (Å²) in [5.74, 6) is -0.410. The van der Waals surface area contributed by atoms with Crippen molar-refractivity contribution in [3.8, 4) is 5.75 Å². The molecule has 0 saturated carbocycles. The van der Waals surface area contributed by atoms with Gasteiger partial charge in [-0.2, -0.15) is 0 Å². The van der Waals surface area contributed by atoms with E-state index in [1.807, 2.05) is 0 Å². The molecule has 0 bridgehead atoms. The molecule has 1 aliphatic heterocycles. The summed E-state index contributed by atoms with van der Waals surface area (Å²) in [6.45, 7) is 0. The summed E-state index contributed by atoms with van der Waals surface area (Å²) in [5.41, 5.74) is 1.67. The number of para-hydroxylation sites is 2. The Bertz CT molecular complexity index is 775. The Labute approximate surface area is 138 Å². The monoisotopic (exact) mass is 331 g/mol. The summed E-state index contributed by atoms with van der Waals surface area (Å²) in [6, 6.07) is 12.0. The number of methoxy groups -OCH3 is 1. The number of fused-ring (bicyclic) bond motifs is 1. The van der Waals surface area contributed by atoms with Crippen LogP contribution in [0.1, 0.15) is 15.9 Å². The van der Waals surface area contributed by atoms with Gasteiger partial charge in [-0.15, -0.1) is 0 Å². The Morgan fingerprint density at radius 3 is 2.87 bits per heavy atom. The maximum atomic E-state index is 12.4. The number of anilines is 1. The molecule has 2 aromatic rings. The van der Waals surface area contributed by atoms with E-state index in [2.05, 4.69) is 5.32 Å². The predicted octanol–water partition coefficient (Wildman–Crippen LogP) is 3.07. The third-order valence-corrected chi connectivity index (χ3v) is 3.84. The van der Waals surface area contributed by atoms with Gasteiger partial charge < -0.3 is 14.8 Å². The van der Waals surface area contributed by atoms with Crippen LogP contribution in [0, 0.1) is 0 Å². The van der Waals surface area contributed by atoms with Gasteiger partial charge in [0.15, 0.2) is 6.10 Å². The molecule has 0 aliphatic carbocycles. The minimum absolute atomic E-state index is 0.305. The number of carbonyl (C=O) groups is 2. The predicted molar refractivity (Wildman–Crippen MR) is 86.0 cm³/mol. The van der Waals surface area contributed by atoms with Crippen LogP contribution in [0.3, 0.4) is 0 Å². The minimum Gasteiger partial charge on any atom is -0.495 e. The number of carbonyl (C=O) groups excluding carboxylic acids is 2. The molecule has 0 saturated heterocycles. The highest BCUT2D eigenvalue weighted by atomic mass is 35.5. The highest BCUT2D eigenvalue weighted by molar-refractivity contribution is 6.31. The van der Waals surface area contributed by atoms with E-state index in [0.29, 0.717) is 28.4 Å². The average molecular weight is 332 g/mol. The second-order valence-electron chi connectivity index (χ2n) is 5.09. The molecular weight excluding hydrogens is 318 g/mol. The number of esters is 1. The van der Waals surface area contributed by atoms with Crippen LogP contribution in [0.2, 0.25) is 5.02 Å². The van der Waals surface area contributed by atoms with E-state index in [4.69, 9.17) is 21.1 Å². The Hall–Kier alpha value is -2.53. The van der Waals surface area contributed by atoms with Crippen molar-refractivity contribution in [1.82, 2.24) is 0 Å². The molecule has 1 aliphatic rings. The van der Waals surface area contributed by atoms with E-state index in [1.54, 1.807) is 42.5 Å². The fourth-order valence-electron chi connectivity index (χ4n) is 2.46. The van der Waals surface area contributed by atoms with Crippen LogP contribution in [-0.2, 0) is 16.0 Å². The third-order valence-electron chi connectivity index (χ3n) is 3.60. The van der Waals surface area contributed by atoms with E-state index in [-0.39, 0.29) is 0 Å². The van der Waals surface area contributed by atoms with Gasteiger partial charge in [0.05, 0.1) is 18.4 Å². The summed E-state index contributed by atoms with van der Waals surface area (Å²) in [7, 11) is 1.52. The molecule has 0 aromatic heterocycles. The Kier molecular flexibility index (Phi) is 4.21. The van der Waals surface area contributed by atoms with Crippen LogP contribution in [0.15, 0.2) is 42.5 Å². The van der Waals surface area contributed by atoms with Gasteiger partial charge in [0, 0.05) is 11.4 Å². The van der Waals surface area contributed by atoms with Gasteiger partial charge in [-0.1, -0.05) is 29.8 Å². The smallest absolute Gasteiger partial charge is 0.339 e. The molecule has 0 radical (unpaired) electrons. The Morgan fingerprint density at radius 1 is 1.30 bits per heavy atom. The van der Waals surface area contributed by atoms with Crippen molar-refractivity contribution >= 4 is 29.2 Å². The molecule has 1 heterocycles. The first-order valence-corrected chi connectivity index (χ1v) is 7.39. The highest BCUT2D eigenvalue weighted by Crippen LogP contribution is 2.27. The fourth-order valence-corrected chi connectivity index (χ4v) is 2.63. The van der Waals surface area contributed by atoms with Gasteiger partial charge >= 0.3 is 5.97 Å². The van der Waals surface area contributed by atoms with Crippen LogP contribution in [0.4, 0.5) is 5.69 Å². The molecule has 1 atom stereocenters.